The van der Waals surface area contributed by atoms with E-state index in [1.165, 1.54) is 0 Å². The number of benzene rings is 2. The van der Waals surface area contributed by atoms with Crippen molar-refractivity contribution in [2.45, 2.75) is 6.61 Å². The van der Waals surface area contributed by atoms with Crippen molar-refractivity contribution in [3.63, 3.8) is 0 Å². The molecule has 0 fully saturated rings. The van der Waals surface area contributed by atoms with E-state index in [-0.39, 0.29) is 6.61 Å². The molecule has 96 valence electrons. The number of hydrogen-bond donors (Lipinski definition) is 0. The molecule has 2 rings (SSSR count). The van der Waals surface area contributed by atoms with Crippen molar-refractivity contribution < 1.29 is 4.74 Å². The van der Waals surface area contributed by atoms with Crippen molar-refractivity contribution in [1.82, 2.24) is 0 Å². The lowest BCUT2D eigenvalue weighted by molar-refractivity contribution is 0.305. The summed E-state index contributed by atoms with van der Waals surface area (Å²) in [5, 5.41) is 10.5. The third kappa shape index (κ3) is 3.33. The van der Waals surface area contributed by atoms with Crippen LogP contribution in [0.15, 0.2) is 36.4 Å². The summed E-state index contributed by atoms with van der Waals surface area (Å²) >= 11 is 17.9. The normalized spacial score (nSPS) is 10.0. The van der Waals surface area contributed by atoms with Gasteiger partial charge in [0.15, 0.2) is 0 Å². The van der Waals surface area contributed by atoms with Crippen molar-refractivity contribution in [2.75, 3.05) is 0 Å². The standard InChI is InChI=1S/C14H8Cl3NO/c15-10-4-5-14(9(6-10)7-18)19-8-11-12(16)2-1-3-13(11)17/h1-6H,8H2. The van der Waals surface area contributed by atoms with Gasteiger partial charge in [0, 0.05) is 20.6 Å². The van der Waals surface area contributed by atoms with Gasteiger partial charge in [0.1, 0.15) is 18.4 Å². The molecule has 0 saturated carbocycles. The molecule has 19 heavy (non-hydrogen) atoms. The Labute approximate surface area is 126 Å². The van der Waals surface area contributed by atoms with Crippen LogP contribution in [-0.4, -0.2) is 0 Å². The fraction of sp³-hybridized carbons (Fsp3) is 0.0714. The maximum atomic E-state index is 9.01. The first-order chi connectivity index (χ1) is 9.11. The monoisotopic (exact) mass is 311 g/mol. The summed E-state index contributed by atoms with van der Waals surface area (Å²) in [6, 6.07) is 12.1. The lowest BCUT2D eigenvalue weighted by atomic mass is 10.2. The lowest BCUT2D eigenvalue weighted by Crippen LogP contribution is -1.99. The van der Waals surface area contributed by atoms with Gasteiger partial charge < -0.3 is 4.74 Å². The molecule has 0 aliphatic rings. The first kappa shape index (κ1) is 14.0. The van der Waals surface area contributed by atoms with Crippen molar-refractivity contribution in [2.24, 2.45) is 0 Å². The fourth-order valence-corrected chi connectivity index (χ4v) is 2.21. The summed E-state index contributed by atoms with van der Waals surface area (Å²) in [7, 11) is 0. The summed E-state index contributed by atoms with van der Waals surface area (Å²) < 4.78 is 5.58. The minimum Gasteiger partial charge on any atom is -0.487 e. The van der Waals surface area contributed by atoms with E-state index in [4.69, 9.17) is 44.8 Å². The van der Waals surface area contributed by atoms with Gasteiger partial charge in [0.25, 0.3) is 0 Å². The van der Waals surface area contributed by atoms with E-state index in [1.807, 2.05) is 6.07 Å². The van der Waals surface area contributed by atoms with Crippen LogP contribution < -0.4 is 4.74 Å². The smallest absolute Gasteiger partial charge is 0.137 e. The highest BCUT2D eigenvalue weighted by Gasteiger charge is 2.09. The van der Waals surface area contributed by atoms with Crippen molar-refractivity contribution in [3.05, 3.63) is 62.6 Å². The highest BCUT2D eigenvalue weighted by atomic mass is 35.5. The van der Waals surface area contributed by atoms with Crippen molar-refractivity contribution in [3.8, 4) is 11.8 Å². The lowest BCUT2D eigenvalue weighted by Gasteiger charge is -2.10. The van der Waals surface area contributed by atoms with Crippen LogP contribution in [0.1, 0.15) is 11.1 Å². The van der Waals surface area contributed by atoms with Crippen LogP contribution in [0.2, 0.25) is 15.1 Å². The Balaban J connectivity index is 2.22. The molecule has 5 heteroatoms. The quantitative estimate of drug-likeness (QED) is 0.790. The van der Waals surface area contributed by atoms with Crippen LogP contribution in [-0.2, 0) is 6.61 Å². The highest BCUT2D eigenvalue weighted by molar-refractivity contribution is 6.36. The maximum absolute atomic E-state index is 9.01. The van der Waals surface area contributed by atoms with Crippen LogP contribution in [0, 0.1) is 11.3 Å². The molecule has 0 aliphatic carbocycles. The van der Waals surface area contributed by atoms with E-state index in [1.54, 1.807) is 36.4 Å². The van der Waals surface area contributed by atoms with E-state index in [9.17, 15) is 0 Å². The van der Waals surface area contributed by atoms with Gasteiger partial charge in [-0.25, -0.2) is 0 Å². The number of nitriles is 1. The Morgan fingerprint density at radius 1 is 1.05 bits per heavy atom. The minimum atomic E-state index is 0.189. The number of halogens is 3. The van der Waals surface area contributed by atoms with E-state index in [0.29, 0.717) is 31.9 Å². The molecular weight excluding hydrogens is 305 g/mol. The summed E-state index contributed by atoms with van der Waals surface area (Å²) in [5.41, 5.74) is 1.06. The molecule has 0 unspecified atom stereocenters. The third-order valence-corrected chi connectivity index (χ3v) is 3.44. The molecule has 0 saturated heterocycles. The molecular formula is C14H8Cl3NO. The molecule has 0 N–H and O–H groups in total. The Hall–Kier alpha value is -1.40. The average molecular weight is 313 g/mol. The second kappa shape index (κ2) is 6.16. The zero-order valence-electron chi connectivity index (χ0n) is 9.66. The van der Waals surface area contributed by atoms with Gasteiger partial charge >= 0.3 is 0 Å². The Bertz CT molecular complexity index is 629. The van der Waals surface area contributed by atoms with Crippen molar-refractivity contribution in [1.29, 1.82) is 5.26 Å². The zero-order chi connectivity index (χ0) is 13.8. The van der Waals surface area contributed by atoms with E-state index in [2.05, 4.69) is 0 Å². The molecule has 0 spiro atoms. The second-order valence-corrected chi connectivity index (χ2v) is 4.99. The maximum Gasteiger partial charge on any atom is 0.137 e. The fourth-order valence-electron chi connectivity index (χ4n) is 1.54. The summed E-state index contributed by atoms with van der Waals surface area (Å²) in [6.45, 7) is 0.189. The summed E-state index contributed by atoms with van der Waals surface area (Å²) in [5.74, 6) is 0.447. The first-order valence-corrected chi connectivity index (χ1v) is 6.50. The Kier molecular flexibility index (Phi) is 4.55. The molecule has 0 aliphatic heterocycles. The van der Waals surface area contributed by atoms with Crippen LogP contribution in [0.5, 0.6) is 5.75 Å². The minimum absolute atomic E-state index is 0.189. The first-order valence-electron chi connectivity index (χ1n) is 5.37. The third-order valence-electron chi connectivity index (χ3n) is 2.50. The van der Waals surface area contributed by atoms with E-state index in [0.717, 1.165) is 0 Å². The van der Waals surface area contributed by atoms with Crippen molar-refractivity contribution >= 4 is 34.8 Å². The number of ether oxygens (including phenoxy) is 1. The Morgan fingerprint density at radius 3 is 2.37 bits per heavy atom. The van der Waals surface area contributed by atoms with Crippen LogP contribution in [0.25, 0.3) is 0 Å². The molecule has 2 aromatic rings. The molecule has 0 atom stereocenters. The summed E-state index contributed by atoms with van der Waals surface area (Å²) in [4.78, 5) is 0. The van der Waals surface area contributed by atoms with Gasteiger partial charge in [-0.05, 0) is 30.3 Å². The van der Waals surface area contributed by atoms with E-state index >= 15 is 0 Å². The van der Waals surface area contributed by atoms with Gasteiger partial charge in [-0.15, -0.1) is 0 Å². The summed E-state index contributed by atoms with van der Waals surface area (Å²) in [6.07, 6.45) is 0. The molecule has 0 aromatic heterocycles. The average Bonchev–Trinajstić information content (AvgIpc) is 2.39. The van der Waals surface area contributed by atoms with Gasteiger partial charge in [-0.2, -0.15) is 5.26 Å². The zero-order valence-corrected chi connectivity index (χ0v) is 11.9. The molecule has 0 radical (unpaired) electrons. The van der Waals surface area contributed by atoms with Crippen LogP contribution in [0.4, 0.5) is 0 Å². The predicted octanol–water partition coefficient (Wildman–Crippen LogP) is 5.10. The van der Waals surface area contributed by atoms with E-state index < -0.39 is 0 Å². The van der Waals surface area contributed by atoms with Gasteiger partial charge in [-0.3, -0.25) is 0 Å². The highest BCUT2D eigenvalue weighted by Crippen LogP contribution is 2.27. The molecule has 2 nitrogen and oxygen atoms in total. The molecule has 0 bridgehead atoms. The van der Waals surface area contributed by atoms with Gasteiger partial charge in [0.2, 0.25) is 0 Å². The predicted molar refractivity (Wildman–Crippen MR) is 77.0 cm³/mol. The SMILES string of the molecule is N#Cc1cc(Cl)ccc1OCc1c(Cl)cccc1Cl. The molecule has 2 aromatic carbocycles. The molecule has 0 heterocycles. The van der Waals surface area contributed by atoms with Crippen LogP contribution >= 0.6 is 34.8 Å². The number of hydrogen-bond acceptors (Lipinski definition) is 2. The molecule has 0 amide bonds. The second-order valence-electron chi connectivity index (χ2n) is 3.74. The number of rotatable bonds is 3. The number of nitrogens with zero attached hydrogens (tertiary/aromatic N) is 1. The topological polar surface area (TPSA) is 33.0 Å². The Morgan fingerprint density at radius 2 is 1.74 bits per heavy atom. The van der Waals surface area contributed by atoms with Gasteiger partial charge in [-0.1, -0.05) is 40.9 Å². The van der Waals surface area contributed by atoms with Crippen LogP contribution in [0.3, 0.4) is 0 Å². The van der Waals surface area contributed by atoms with Gasteiger partial charge in [0.05, 0.1) is 5.56 Å². The largest absolute Gasteiger partial charge is 0.487 e.